The zero-order chi connectivity index (χ0) is 12.0. The summed E-state index contributed by atoms with van der Waals surface area (Å²) >= 11 is 0. The van der Waals surface area contributed by atoms with Gasteiger partial charge >= 0.3 is 0 Å². The van der Waals surface area contributed by atoms with Crippen molar-refractivity contribution in [1.29, 1.82) is 0 Å². The molecule has 0 saturated heterocycles. The normalized spacial score (nSPS) is 15.0. The van der Waals surface area contributed by atoms with Crippen LogP contribution in [0.1, 0.15) is 50.4 Å². The average molecular weight is 225 g/mol. The molecule has 0 aliphatic heterocycles. The van der Waals surface area contributed by atoms with Crippen molar-refractivity contribution in [3.63, 3.8) is 0 Å². The van der Waals surface area contributed by atoms with Crippen molar-refractivity contribution < 1.29 is 5.11 Å². The number of nitrogens with one attached hydrogen (secondary N) is 2. The van der Waals surface area contributed by atoms with Gasteiger partial charge in [-0.25, -0.2) is 0 Å². The van der Waals surface area contributed by atoms with Crippen LogP contribution in [0, 0.1) is 6.92 Å². The standard InChI is InChI=1S/C12H23N3O/c1-4-11(16)6-5-7-13-9(2)12-8-14-15-10(12)3/h8-9,11,13,16H,4-7H2,1-3H3,(H,14,15). The molecule has 0 radical (unpaired) electrons. The first kappa shape index (κ1) is 13.2. The predicted molar refractivity (Wildman–Crippen MR) is 65.3 cm³/mol. The molecule has 1 heterocycles. The van der Waals surface area contributed by atoms with Crippen molar-refractivity contribution in [1.82, 2.24) is 15.5 Å². The third-order valence-electron chi connectivity index (χ3n) is 2.97. The van der Waals surface area contributed by atoms with E-state index in [9.17, 15) is 5.11 Å². The van der Waals surface area contributed by atoms with Gasteiger partial charge in [-0.05, 0) is 39.7 Å². The Morgan fingerprint density at radius 2 is 2.31 bits per heavy atom. The van der Waals surface area contributed by atoms with Gasteiger partial charge in [-0.2, -0.15) is 5.10 Å². The molecule has 1 rings (SSSR count). The van der Waals surface area contributed by atoms with E-state index in [1.54, 1.807) is 0 Å². The monoisotopic (exact) mass is 225 g/mol. The first-order chi connectivity index (χ1) is 7.65. The molecular weight excluding hydrogens is 202 g/mol. The molecule has 4 nitrogen and oxygen atoms in total. The Balaban J connectivity index is 2.21. The van der Waals surface area contributed by atoms with Crippen LogP contribution < -0.4 is 5.32 Å². The van der Waals surface area contributed by atoms with E-state index in [0.29, 0.717) is 6.04 Å². The molecule has 0 aromatic carbocycles. The largest absolute Gasteiger partial charge is 0.393 e. The maximum absolute atomic E-state index is 9.41. The Hall–Kier alpha value is -0.870. The molecule has 2 atom stereocenters. The zero-order valence-electron chi connectivity index (χ0n) is 10.5. The van der Waals surface area contributed by atoms with Gasteiger partial charge in [0.2, 0.25) is 0 Å². The van der Waals surface area contributed by atoms with E-state index >= 15 is 0 Å². The topological polar surface area (TPSA) is 60.9 Å². The minimum Gasteiger partial charge on any atom is -0.393 e. The average Bonchev–Trinajstić information content (AvgIpc) is 2.70. The van der Waals surface area contributed by atoms with Gasteiger partial charge < -0.3 is 10.4 Å². The maximum Gasteiger partial charge on any atom is 0.0538 e. The number of hydrogen-bond acceptors (Lipinski definition) is 3. The van der Waals surface area contributed by atoms with Gasteiger partial charge in [0.25, 0.3) is 0 Å². The lowest BCUT2D eigenvalue weighted by Crippen LogP contribution is -2.21. The van der Waals surface area contributed by atoms with Crippen LogP contribution in [-0.4, -0.2) is 28.0 Å². The summed E-state index contributed by atoms with van der Waals surface area (Å²) in [4.78, 5) is 0. The van der Waals surface area contributed by atoms with E-state index in [4.69, 9.17) is 0 Å². The number of aromatic amines is 1. The molecule has 2 unspecified atom stereocenters. The second-order valence-corrected chi connectivity index (χ2v) is 4.33. The van der Waals surface area contributed by atoms with Crippen LogP contribution in [0.5, 0.6) is 0 Å². The number of aryl methyl sites for hydroxylation is 1. The minimum absolute atomic E-state index is 0.146. The van der Waals surface area contributed by atoms with Gasteiger partial charge in [-0.3, -0.25) is 5.10 Å². The number of aliphatic hydroxyl groups excluding tert-OH is 1. The summed E-state index contributed by atoms with van der Waals surface area (Å²) in [6, 6.07) is 0.317. The molecule has 0 spiro atoms. The van der Waals surface area contributed by atoms with E-state index in [2.05, 4.69) is 22.4 Å². The summed E-state index contributed by atoms with van der Waals surface area (Å²) in [5.74, 6) is 0. The van der Waals surface area contributed by atoms with Gasteiger partial charge in [-0.15, -0.1) is 0 Å². The number of rotatable bonds is 7. The molecule has 16 heavy (non-hydrogen) atoms. The Morgan fingerprint density at radius 3 is 2.88 bits per heavy atom. The molecule has 0 amide bonds. The first-order valence-electron chi connectivity index (χ1n) is 6.06. The molecule has 4 heteroatoms. The summed E-state index contributed by atoms with van der Waals surface area (Å²) in [6.45, 7) is 7.11. The molecule has 92 valence electrons. The fourth-order valence-electron chi connectivity index (χ4n) is 1.77. The minimum atomic E-state index is -0.146. The van der Waals surface area contributed by atoms with Gasteiger partial charge in [-0.1, -0.05) is 6.92 Å². The highest BCUT2D eigenvalue weighted by Crippen LogP contribution is 2.14. The van der Waals surface area contributed by atoms with E-state index < -0.39 is 0 Å². The van der Waals surface area contributed by atoms with Crippen LogP contribution in [0.15, 0.2) is 6.20 Å². The van der Waals surface area contributed by atoms with Crippen molar-refractivity contribution >= 4 is 0 Å². The summed E-state index contributed by atoms with van der Waals surface area (Å²) in [5.41, 5.74) is 2.34. The number of aromatic nitrogens is 2. The Kier molecular flexibility index (Phi) is 5.49. The summed E-state index contributed by atoms with van der Waals surface area (Å²) in [6.07, 6.45) is 4.45. The summed E-state index contributed by atoms with van der Waals surface area (Å²) in [5, 5.41) is 19.8. The number of H-pyrrole nitrogens is 1. The van der Waals surface area contributed by atoms with Crippen LogP contribution in [0.3, 0.4) is 0 Å². The van der Waals surface area contributed by atoms with Crippen molar-refractivity contribution in [3.05, 3.63) is 17.5 Å². The highest BCUT2D eigenvalue weighted by molar-refractivity contribution is 5.18. The van der Waals surface area contributed by atoms with Crippen molar-refractivity contribution in [2.24, 2.45) is 0 Å². The first-order valence-corrected chi connectivity index (χ1v) is 6.06. The van der Waals surface area contributed by atoms with E-state index in [0.717, 1.165) is 31.5 Å². The molecule has 1 aromatic heterocycles. The summed E-state index contributed by atoms with van der Waals surface area (Å²) in [7, 11) is 0. The fourth-order valence-corrected chi connectivity index (χ4v) is 1.77. The molecule has 0 bridgehead atoms. The zero-order valence-corrected chi connectivity index (χ0v) is 10.5. The third-order valence-corrected chi connectivity index (χ3v) is 2.97. The second-order valence-electron chi connectivity index (χ2n) is 4.33. The Bertz CT molecular complexity index is 298. The molecule has 0 aliphatic carbocycles. The van der Waals surface area contributed by atoms with Crippen LogP contribution >= 0.6 is 0 Å². The van der Waals surface area contributed by atoms with Crippen molar-refractivity contribution in [2.45, 2.75) is 52.2 Å². The predicted octanol–water partition coefficient (Wildman–Crippen LogP) is 1.92. The maximum atomic E-state index is 9.41. The van der Waals surface area contributed by atoms with Gasteiger partial charge in [0, 0.05) is 17.3 Å². The van der Waals surface area contributed by atoms with Crippen LogP contribution in [0.4, 0.5) is 0 Å². The molecule has 0 saturated carbocycles. The van der Waals surface area contributed by atoms with Crippen molar-refractivity contribution in [2.75, 3.05) is 6.54 Å². The van der Waals surface area contributed by atoms with E-state index in [-0.39, 0.29) is 6.10 Å². The lowest BCUT2D eigenvalue weighted by atomic mass is 10.1. The van der Waals surface area contributed by atoms with Crippen molar-refractivity contribution in [3.8, 4) is 0 Å². The van der Waals surface area contributed by atoms with Gasteiger partial charge in [0.1, 0.15) is 0 Å². The molecule has 0 fully saturated rings. The lowest BCUT2D eigenvalue weighted by molar-refractivity contribution is 0.157. The number of nitrogens with zero attached hydrogens (tertiary/aromatic N) is 1. The second kappa shape index (κ2) is 6.66. The fraction of sp³-hybridized carbons (Fsp3) is 0.750. The van der Waals surface area contributed by atoms with Crippen LogP contribution in [0.2, 0.25) is 0 Å². The smallest absolute Gasteiger partial charge is 0.0538 e. The lowest BCUT2D eigenvalue weighted by Gasteiger charge is -2.14. The molecular formula is C12H23N3O. The number of aliphatic hydroxyl groups is 1. The molecule has 0 aliphatic rings. The SMILES string of the molecule is CCC(O)CCCNC(C)c1cn[nH]c1C. The van der Waals surface area contributed by atoms with Crippen LogP contribution in [0.25, 0.3) is 0 Å². The quantitative estimate of drug-likeness (QED) is 0.621. The molecule has 3 N–H and O–H groups in total. The Morgan fingerprint density at radius 1 is 1.56 bits per heavy atom. The van der Waals surface area contributed by atoms with Gasteiger partial charge in [0.05, 0.1) is 12.3 Å². The van der Waals surface area contributed by atoms with E-state index in [1.165, 1.54) is 5.56 Å². The van der Waals surface area contributed by atoms with E-state index in [1.807, 2.05) is 20.0 Å². The summed E-state index contributed by atoms with van der Waals surface area (Å²) < 4.78 is 0. The highest BCUT2D eigenvalue weighted by atomic mass is 16.3. The van der Waals surface area contributed by atoms with Crippen LogP contribution in [-0.2, 0) is 0 Å². The third kappa shape index (κ3) is 3.94. The number of hydrogen-bond donors (Lipinski definition) is 3. The highest BCUT2D eigenvalue weighted by Gasteiger charge is 2.09. The molecule has 1 aromatic rings. The van der Waals surface area contributed by atoms with Gasteiger partial charge in [0.15, 0.2) is 0 Å². The Labute approximate surface area is 97.5 Å².